The highest BCUT2D eigenvalue weighted by molar-refractivity contribution is 6.11. The van der Waals surface area contributed by atoms with Gasteiger partial charge in [0.05, 0.1) is 22.4 Å². The first-order valence-electron chi connectivity index (χ1n) is 17.4. The molecule has 0 saturated carbocycles. The Morgan fingerprint density at radius 2 is 0.980 bits per heavy atom. The monoisotopic (exact) mass is 652 g/mol. The van der Waals surface area contributed by atoms with E-state index in [0.29, 0.717) is 0 Å². The molecule has 0 amide bonds. The summed E-state index contributed by atoms with van der Waals surface area (Å²) in [4.78, 5) is 2.33. The van der Waals surface area contributed by atoms with Crippen molar-refractivity contribution in [1.29, 1.82) is 0 Å². The molecule has 0 N–H and O–H groups in total. The molecule has 3 nitrogen and oxygen atoms in total. The van der Waals surface area contributed by atoms with Crippen LogP contribution in [0.25, 0.3) is 71.7 Å². The minimum Gasteiger partial charge on any atom is -0.454 e. The van der Waals surface area contributed by atoms with E-state index in [9.17, 15) is 0 Å². The molecular weight excluding hydrogens is 621 g/mol. The van der Waals surface area contributed by atoms with E-state index in [1.54, 1.807) is 0 Å². The van der Waals surface area contributed by atoms with Crippen molar-refractivity contribution in [2.75, 3.05) is 4.90 Å². The molecule has 0 bridgehead atoms. The summed E-state index contributed by atoms with van der Waals surface area (Å²) >= 11 is 0. The van der Waals surface area contributed by atoms with Crippen molar-refractivity contribution in [1.82, 2.24) is 4.57 Å². The van der Waals surface area contributed by atoms with Crippen molar-refractivity contribution in [2.45, 2.75) is 0 Å². The van der Waals surface area contributed by atoms with Crippen LogP contribution in [0, 0.1) is 0 Å². The first kappa shape index (κ1) is 29.1. The van der Waals surface area contributed by atoms with Gasteiger partial charge in [0.15, 0.2) is 5.58 Å². The van der Waals surface area contributed by atoms with Gasteiger partial charge in [0.2, 0.25) is 0 Å². The van der Waals surface area contributed by atoms with Gasteiger partial charge in [-0.05, 0) is 71.3 Å². The summed E-state index contributed by atoms with van der Waals surface area (Å²) in [6.45, 7) is 0. The van der Waals surface area contributed by atoms with Gasteiger partial charge in [0, 0.05) is 38.5 Å². The molecule has 10 aromatic rings. The van der Waals surface area contributed by atoms with Gasteiger partial charge in [0.25, 0.3) is 0 Å². The predicted molar refractivity (Wildman–Crippen MR) is 214 cm³/mol. The summed E-state index contributed by atoms with van der Waals surface area (Å²) in [5, 5.41) is 4.71. The molecule has 0 aliphatic rings. The van der Waals surface area contributed by atoms with Gasteiger partial charge < -0.3 is 13.9 Å². The van der Waals surface area contributed by atoms with Gasteiger partial charge >= 0.3 is 0 Å². The number of anilines is 3. The minimum absolute atomic E-state index is 0.863. The third kappa shape index (κ3) is 4.82. The number of hydrogen-bond acceptors (Lipinski definition) is 2. The maximum atomic E-state index is 6.62. The Labute approximate surface area is 295 Å². The number of benzene rings is 8. The van der Waals surface area contributed by atoms with E-state index >= 15 is 0 Å². The summed E-state index contributed by atoms with van der Waals surface area (Å²) in [5.41, 5.74) is 13.0. The maximum absolute atomic E-state index is 6.62. The zero-order valence-electron chi connectivity index (χ0n) is 27.8. The van der Waals surface area contributed by atoms with Gasteiger partial charge in [0.1, 0.15) is 5.58 Å². The molecule has 240 valence electrons. The van der Waals surface area contributed by atoms with Crippen LogP contribution in [0.3, 0.4) is 0 Å². The Morgan fingerprint density at radius 3 is 1.76 bits per heavy atom. The smallest absolute Gasteiger partial charge is 0.159 e. The van der Waals surface area contributed by atoms with Crippen LogP contribution >= 0.6 is 0 Å². The number of nitrogens with zero attached hydrogens (tertiary/aromatic N) is 2. The maximum Gasteiger partial charge on any atom is 0.159 e. The van der Waals surface area contributed by atoms with Crippen molar-refractivity contribution in [3.8, 4) is 27.9 Å². The molecule has 0 unspecified atom stereocenters. The van der Waals surface area contributed by atoms with Gasteiger partial charge in [-0.2, -0.15) is 0 Å². The molecule has 0 aliphatic heterocycles. The Bertz CT molecular complexity index is 2810. The van der Waals surface area contributed by atoms with Gasteiger partial charge in [-0.1, -0.05) is 140 Å². The Hall–Kier alpha value is -6.84. The molecule has 0 radical (unpaired) electrons. The second-order valence-corrected chi connectivity index (χ2v) is 12.9. The van der Waals surface area contributed by atoms with Crippen molar-refractivity contribution >= 4 is 60.8 Å². The summed E-state index contributed by atoms with van der Waals surface area (Å²) in [6.07, 6.45) is 0. The molecule has 8 aromatic carbocycles. The number of furan rings is 1. The van der Waals surface area contributed by atoms with E-state index in [4.69, 9.17) is 4.42 Å². The van der Waals surface area contributed by atoms with Crippen molar-refractivity contribution < 1.29 is 4.42 Å². The fraction of sp³-hybridized carbons (Fsp3) is 0. The average Bonchev–Trinajstić information content (AvgIpc) is 3.75. The van der Waals surface area contributed by atoms with Crippen LogP contribution in [-0.2, 0) is 0 Å². The van der Waals surface area contributed by atoms with Gasteiger partial charge in [-0.15, -0.1) is 0 Å². The molecule has 0 atom stereocenters. The minimum atomic E-state index is 0.863. The summed E-state index contributed by atoms with van der Waals surface area (Å²) < 4.78 is 9.02. The normalized spacial score (nSPS) is 11.5. The lowest BCUT2D eigenvalue weighted by atomic mass is 10.0. The van der Waals surface area contributed by atoms with Gasteiger partial charge in [-0.3, -0.25) is 0 Å². The number of fused-ring (bicyclic) bond motifs is 6. The highest BCUT2D eigenvalue weighted by Crippen LogP contribution is 2.44. The fourth-order valence-corrected chi connectivity index (χ4v) is 7.68. The SMILES string of the molecule is c1ccc(-c2ccc(N(c3cccc(-c4ccccc4-n4c5ccccc5c5ccccc54)c3)c3cccc4c3oc3ccccc34)cc2)cc1. The molecule has 3 heteroatoms. The molecular formula is C48H32N2O. The zero-order chi connectivity index (χ0) is 33.7. The van der Waals surface area contributed by atoms with E-state index in [-0.39, 0.29) is 0 Å². The van der Waals surface area contributed by atoms with E-state index in [2.05, 4.69) is 191 Å². The van der Waals surface area contributed by atoms with Crippen LogP contribution in [0.1, 0.15) is 0 Å². The predicted octanol–water partition coefficient (Wildman–Crippen LogP) is 13.5. The molecule has 51 heavy (non-hydrogen) atoms. The fourth-order valence-electron chi connectivity index (χ4n) is 7.68. The highest BCUT2D eigenvalue weighted by Gasteiger charge is 2.21. The third-order valence-corrected chi connectivity index (χ3v) is 10.00. The Morgan fingerprint density at radius 1 is 0.392 bits per heavy atom. The zero-order valence-corrected chi connectivity index (χ0v) is 27.8. The lowest BCUT2D eigenvalue weighted by Gasteiger charge is -2.26. The van der Waals surface area contributed by atoms with E-state index in [1.807, 2.05) is 12.1 Å². The quantitative estimate of drug-likeness (QED) is 0.178. The van der Waals surface area contributed by atoms with E-state index in [1.165, 1.54) is 32.9 Å². The first-order chi connectivity index (χ1) is 25.3. The lowest BCUT2D eigenvalue weighted by Crippen LogP contribution is -2.10. The second kappa shape index (κ2) is 11.9. The van der Waals surface area contributed by atoms with Crippen LogP contribution < -0.4 is 4.90 Å². The van der Waals surface area contributed by atoms with Crippen molar-refractivity contribution in [3.63, 3.8) is 0 Å². The number of para-hydroxylation sites is 5. The lowest BCUT2D eigenvalue weighted by molar-refractivity contribution is 0.669. The third-order valence-electron chi connectivity index (χ3n) is 10.00. The first-order valence-corrected chi connectivity index (χ1v) is 17.4. The largest absolute Gasteiger partial charge is 0.454 e. The molecule has 2 aromatic heterocycles. The van der Waals surface area contributed by atoms with Gasteiger partial charge in [-0.25, -0.2) is 0 Å². The Balaban J connectivity index is 1.17. The summed E-state index contributed by atoms with van der Waals surface area (Å²) in [6, 6.07) is 69.1. The molecule has 2 heterocycles. The van der Waals surface area contributed by atoms with Crippen molar-refractivity contribution in [3.05, 3.63) is 194 Å². The highest BCUT2D eigenvalue weighted by atomic mass is 16.3. The number of rotatable bonds is 6. The average molecular weight is 653 g/mol. The van der Waals surface area contributed by atoms with Crippen LogP contribution in [0.5, 0.6) is 0 Å². The standard InChI is InChI=1S/C48H32N2O/c1-2-14-33(15-3-1)34-28-30-36(31-29-34)49(46-26-13-22-42-41-21-7-11-27-47(41)51-48(42)46)37-17-12-16-35(32-37)38-18-4-8-23-43(38)50-44-24-9-5-19-39(44)40-20-6-10-25-45(40)50/h1-32H. The Kier molecular flexibility index (Phi) is 6.81. The topological polar surface area (TPSA) is 21.3 Å². The van der Waals surface area contributed by atoms with Crippen LogP contribution in [0.2, 0.25) is 0 Å². The van der Waals surface area contributed by atoms with Crippen LogP contribution in [0.4, 0.5) is 17.1 Å². The molecule has 0 fully saturated rings. The summed E-state index contributed by atoms with van der Waals surface area (Å²) in [5.74, 6) is 0. The molecule has 10 rings (SSSR count). The molecule has 0 saturated heterocycles. The number of aromatic nitrogens is 1. The number of hydrogen-bond donors (Lipinski definition) is 0. The molecule has 0 aliphatic carbocycles. The van der Waals surface area contributed by atoms with E-state index < -0.39 is 0 Å². The van der Waals surface area contributed by atoms with Crippen molar-refractivity contribution in [2.24, 2.45) is 0 Å². The molecule has 0 spiro atoms. The summed E-state index contributed by atoms with van der Waals surface area (Å²) in [7, 11) is 0. The van der Waals surface area contributed by atoms with Crippen LogP contribution in [0.15, 0.2) is 199 Å². The van der Waals surface area contributed by atoms with E-state index in [0.717, 1.165) is 55.8 Å². The van der Waals surface area contributed by atoms with Crippen LogP contribution in [-0.4, -0.2) is 4.57 Å². The second-order valence-electron chi connectivity index (χ2n) is 12.9.